The minimum absolute atomic E-state index is 0.526. The first kappa shape index (κ1) is 19.6. The van der Waals surface area contributed by atoms with Crippen molar-refractivity contribution in [2.24, 2.45) is 0 Å². The van der Waals surface area contributed by atoms with E-state index < -0.39 is 0 Å². The number of hydrogen-bond acceptors (Lipinski definition) is 8. The van der Waals surface area contributed by atoms with Gasteiger partial charge in [-0.15, -0.1) is 10.2 Å². The van der Waals surface area contributed by atoms with Crippen LogP contribution in [0.2, 0.25) is 0 Å². The van der Waals surface area contributed by atoms with Gasteiger partial charge in [-0.3, -0.25) is 4.40 Å². The Labute approximate surface area is 190 Å². The maximum absolute atomic E-state index is 4.74. The van der Waals surface area contributed by atoms with Gasteiger partial charge in [0.2, 0.25) is 5.95 Å². The molecule has 5 aromatic rings. The minimum atomic E-state index is 0.526. The molecule has 1 aliphatic rings. The van der Waals surface area contributed by atoms with Crippen LogP contribution in [0.1, 0.15) is 5.82 Å². The molecule has 0 atom stereocenters. The van der Waals surface area contributed by atoms with Crippen molar-refractivity contribution in [3.8, 4) is 5.69 Å². The van der Waals surface area contributed by atoms with Crippen molar-refractivity contribution in [2.75, 3.05) is 43.4 Å². The maximum Gasteiger partial charge on any atom is 0.229 e. The number of fused-ring (bicyclic) bond motifs is 2. The molecule has 10 heteroatoms. The Bertz CT molecular complexity index is 1430. The first-order valence-electron chi connectivity index (χ1n) is 11.0. The normalized spacial score (nSPS) is 14.9. The third-order valence-corrected chi connectivity index (χ3v) is 6.10. The number of anilines is 3. The van der Waals surface area contributed by atoms with Gasteiger partial charge in [-0.25, -0.2) is 9.67 Å². The molecule has 0 bridgehead atoms. The van der Waals surface area contributed by atoms with E-state index >= 15 is 0 Å². The van der Waals surface area contributed by atoms with E-state index in [9.17, 15) is 0 Å². The van der Waals surface area contributed by atoms with Gasteiger partial charge in [-0.1, -0.05) is 0 Å². The molecule has 10 nitrogen and oxygen atoms in total. The highest BCUT2D eigenvalue weighted by molar-refractivity contribution is 5.77. The van der Waals surface area contributed by atoms with Crippen LogP contribution < -0.4 is 10.2 Å². The topological polar surface area (TPSA) is 92.3 Å². The molecule has 0 radical (unpaired) electrons. The van der Waals surface area contributed by atoms with Gasteiger partial charge in [-0.2, -0.15) is 10.1 Å². The Hall–Kier alpha value is -4.05. The third-order valence-electron chi connectivity index (χ3n) is 6.10. The van der Waals surface area contributed by atoms with E-state index in [2.05, 4.69) is 66.7 Å². The molecule has 1 saturated heterocycles. The number of aryl methyl sites for hydroxylation is 1. The zero-order chi connectivity index (χ0) is 22.4. The fourth-order valence-electron chi connectivity index (χ4n) is 4.14. The molecule has 1 N–H and O–H groups in total. The molecular formula is C23H24N10. The summed E-state index contributed by atoms with van der Waals surface area (Å²) >= 11 is 0. The first-order valence-corrected chi connectivity index (χ1v) is 11.0. The Morgan fingerprint density at radius 3 is 2.48 bits per heavy atom. The lowest BCUT2D eigenvalue weighted by atomic mass is 10.2. The second kappa shape index (κ2) is 7.82. The maximum atomic E-state index is 4.74. The highest BCUT2D eigenvalue weighted by Gasteiger charge is 2.14. The summed E-state index contributed by atoms with van der Waals surface area (Å²) in [5, 5.41) is 17.0. The zero-order valence-electron chi connectivity index (χ0n) is 18.5. The molecule has 33 heavy (non-hydrogen) atoms. The van der Waals surface area contributed by atoms with Crippen LogP contribution in [0.4, 0.5) is 17.3 Å². The van der Waals surface area contributed by atoms with Crippen LogP contribution in [0.5, 0.6) is 0 Å². The van der Waals surface area contributed by atoms with Crippen molar-refractivity contribution in [1.29, 1.82) is 0 Å². The monoisotopic (exact) mass is 440 g/mol. The molecule has 0 spiro atoms. The van der Waals surface area contributed by atoms with Crippen LogP contribution in [0.25, 0.3) is 22.4 Å². The smallest absolute Gasteiger partial charge is 0.229 e. The van der Waals surface area contributed by atoms with Crippen molar-refractivity contribution in [3.63, 3.8) is 0 Å². The average molecular weight is 441 g/mol. The van der Waals surface area contributed by atoms with Gasteiger partial charge in [0.15, 0.2) is 11.3 Å². The summed E-state index contributed by atoms with van der Waals surface area (Å²) in [4.78, 5) is 14.0. The van der Waals surface area contributed by atoms with E-state index in [4.69, 9.17) is 4.98 Å². The quantitative estimate of drug-likeness (QED) is 0.456. The van der Waals surface area contributed by atoms with Crippen LogP contribution in [0.15, 0.2) is 55.0 Å². The third kappa shape index (κ3) is 3.64. The van der Waals surface area contributed by atoms with E-state index in [1.165, 1.54) is 5.69 Å². The van der Waals surface area contributed by atoms with E-state index in [1.807, 2.05) is 29.7 Å². The van der Waals surface area contributed by atoms with Crippen LogP contribution in [-0.4, -0.2) is 72.5 Å². The molecule has 1 aromatic carbocycles. The Balaban J connectivity index is 1.26. The molecule has 0 saturated carbocycles. The number of hydrogen-bond donors (Lipinski definition) is 1. The number of pyridine rings is 1. The molecular weight excluding hydrogens is 416 g/mol. The standard InChI is InChI=1S/C23H24N10/c1-16-28-29-21-8-7-20(15-32(16)21)33-22-17(14-25-33)13-24-23(27-22)26-18-3-5-19(6-4-18)31-11-9-30(2)10-12-31/h3-8,13-15H,9-12H2,1-2H3,(H,24,26,27). The summed E-state index contributed by atoms with van der Waals surface area (Å²) in [6.07, 6.45) is 5.52. The van der Waals surface area contributed by atoms with Gasteiger partial charge < -0.3 is 15.1 Å². The lowest BCUT2D eigenvalue weighted by Gasteiger charge is -2.34. The molecule has 166 valence electrons. The molecule has 4 aromatic heterocycles. The highest BCUT2D eigenvalue weighted by Crippen LogP contribution is 2.23. The minimum Gasteiger partial charge on any atom is -0.369 e. The van der Waals surface area contributed by atoms with Crippen molar-refractivity contribution in [3.05, 3.63) is 60.8 Å². The Morgan fingerprint density at radius 1 is 0.879 bits per heavy atom. The summed E-state index contributed by atoms with van der Waals surface area (Å²) < 4.78 is 3.74. The van der Waals surface area contributed by atoms with E-state index in [0.29, 0.717) is 5.95 Å². The van der Waals surface area contributed by atoms with Gasteiger partial charge in [0, 0.05) is 49.9 Å². The molecule has 5 heterocycles. The first-order chi connectivity index (χ1) is 16.1. The summed E-state index contributed by atoms with van der Waals surface area (Å²) in [5.74, 6) is 1.35. The number of nitrogens with zero attached hydrogens (tertiary/aromatic N) is 9. The lowest BCUT2D eigenvalue weighted by molar-refractivity contribution is 0.313. The molecule has 0 unspecified atom stereocenters. The summed E-state index contributed by atoms with van der Waals surface area (Å²) in [5.41, 5.74) is 4.58. The van der Waals surface area contributed by atoms with Gasteiger partial charge in [0.25, 0.3) is 0 Å². The predicted molar refractivity (Wildman–Crippen MR) is 127 cm³/mol. The number of likely N-dealkylation sites (N-methyl/N-ethyl adjacent to an activating group) is 1. The summed E-state index contributed by atoms with van der Waals surface area (Å²) in [7, 11) is 2.17. The lowest BCUT2D eigenvalue weighted by Crippen LogP contribution is -2.44. The Kier molecular flexibility index (Phi) is 4.65. The second-order valence-electron chi connectivity index (χ2n) is 8.35. The van der Waals surface area contributed by atoms with Gasteiger partial charge in [-0.05, 0) is 50.4 Å². The number of aromatic nitrogens is 7. The number of benzene rings is 1. The number of piperazine rings is 1. The summed E-state index contributed by atoms with van der Waals surface area (Å²) in [6.45, 7) is 6.20. The zero-order valence-corrected chi connectivity index (χ0v) is 18.5. The van der Waals surface area contributed by atoms with Crippen LogP contribution in [0.3, 0.4) is 0 Å². The highest BCUT2D eigenvalue weighted by atomic mass is 15.3. The fraction of sp³-hybridized carbons (Fsp3) is 0.261. The van der Waals surface area contributed by atoms with Crippen LogP contribution in [0, 0.1) is 6.92 Å². The Morgan fingerprint density at radius 2 is 1.67 bits per heavy atom. The van der Waals surface area contributed by atoms with Crippen LogP contribution >= 0.6 is 0 Å². The molecule has 0 aliphatic carbocycles. The van der Waals surface area contributed by atoms with Crippen molar-refractivity contribution < 1.29 is 0 Å². The molecule has 6 rings (SSSR count). The molecule has 0 amide bonds. The molecule has 1 aliphatic heterocycles. The van der Waals surface area contributed by atoms with Crippen molar-refractivity contribution in [2.45, 2.75) is 6.92 Å². The summed E-state index contributed by atoms with van der Waals surface area (Å²) in [6, 6.07) is 12.3. The van der Waals surface area contributed by atoms with Gasteiger partial charge >= 0.3 is 0 Å². The number of rotatable bonds is 4. The fourth-order valence-corrected chi connectivity index (χ4v) is 4.14. The largest absolute Gasteiger partial charge is 0.369 e. The van der Waals surface area contributed by atoms with Crippen molar-refractivity contribution in [1.82, 2.24) is 39.2 Å². The van der Waals surface area contributed by atoms with Crippen molar-refractivity contribution >= 4 is 34.0 Å². The van der Waals surface area contributed by atoms with E-state index in [-0.39, 0.29) is 0 Å². The SMILES string of the molecule is Cc1nnc2ccc(-n3ncc4cnc(Nc5ccc(N6CCN(C)CC6)cc5)nc43)cn12. The van der Waals surface area contributed by atoms with Gasteiger partial charge in [0.05, 0.1) is 17.3 Å². The molecule has 1 fully saturated rings. The second-order valence-corrected chi connectivity index (χ2v) is 8.35. The average Bonchev–Trinajstić information content (AvgIpc) is 3.43. The van der Waals surface area contributed by atoms with Crippen LogP contribution in [-0.2, 0) is 0 Å². The number of nitrogens with one attached hydrogen (secondary N) is 1. The van der Waals surface area contributed by atoms with Gasteiger partial charge in [0.1, 0.15) is 5.82 Å². The van der Waals surface area contributed by atoms with E-state index in [1.54, 1.807) is 17.1 Å². The predicted octanol–water partition coefficient (Wildman–Crippen LogP) is 2.66. The van der Waals surface area contributed by atoms with E-state index in [0.717, 1.165) is 60.1 Å².